The van der Waals surface area contributed by atoms with Gasteiger partial charge in [0.25, 0.3) is 0 Å². The van der Waals surface area contributed by atoms with Crippen LogP contribution in [0.2, 0.25) is 0 Å². The number of rotatable bonds is 6. The molecule has 4 nitrogen and oxygen atoms in total. The minimum Gasteiger partial charge on any atom is -0.456 e. The van der Waals surface area contributed by atoms with Gasteiger partial charge in [-0.3, -0.25) is 4.98 Å². The van der Waals surface area contributed by atoms with Gasteiger partial charge in [-0.2, -0.15) is 0 Å². The van der Waals surface area contributed by atoms with E-state index in [0.717, 1.165) is 72.6 Å². The summed E-state index contributed by atoms with van der Waals surface area (Å²) >= 11 is 0. The molecule has 9 aromatic rings. The van der Waals surface area contributed by atoms with Gasteiger partial charge in [0.1, 0.15) is 11.3 Å². The molecule has 4 aromatic heterocycles. The summed E-state index contributed by atoms with van der Waals surface area (Å²) in [4.78, 5) is 13.1. The molecule has 0 spiro atoms. The van der Waals surface area contributed by atoms with Crippen LogP contribution in [0.4, 0.5) is 0 Å². The van der Waals surface area contributed by atoms with Crippen LogP contribution in [0.3, 0.4) is 0 Å². The van der Waals surface area contributed by atoms with Crippen LogP contribution >= 0.6 is 0 Å². The third kappa shape index (κ3) is 7.83. The summed E-state index contributed by atoms with van der Waals surface area (Å²) in [5.41, 5.74) is 13.8. The summed E-state index contributed by atoms with van der Waals surface area (Å²) in [6, 6.07) is 60.0. The number of hydrogen-bond acceptors (Lipinski definition) is 4. The molecular formula is C48H33IrN3O-2. The number of nitrogens with zero attached hydrogens (tertiary/aromatic N) is 3. The summed E-state index contributed by atoms with van der Waals surface area (Å²) in [5.74, 6) is 0.838. The fourth-order valence-electron chi connectivity index (χ4n) is 6.38. The number of benzene rings is 5. The Morgan fingerprint density at radius 2 is 1.21 bits per heavy atom. The Morgan fingerprint density at radius 1 is 0.491 bits per heavy atom. The summed E-state index contributed by atoms with van der Waals surface area (Å²) in [6.45, 7) is 2.17. The SMILES string of the molecule is Cc1c(-c2cc(-c3cc(-c4ccccc4)ccn3)[c-]cc2-c2ccccc2)ccc2oc(-c3ccncc3)cc12.[Ir].[c-]1ccccc1-c1ccccn1. The van der Waals surface area contributed by atoms with Crippen LogP contribution in [0.25, 0.3) is 78.2 Å². The quantitative estimate of drug-likeness (QED) is 0.156. The molecule has 9 rings (SSSR count). The molecule has 4 heterocycles. The Kier molecular flexibility index (Phi) is 10.9. The predicted molar refractivity (Wildman–Crippen MR) is 211 cm³/mol. The van der Waals surface area contributed by atoms with Crippen molar-refractivity contribution >= 4 is 11.0 Å². The van der Waals surface area contributed by atoms with Crippen molar-refractivity contribution in [3.05, 3.63) is 200 Å². The molecule has 5 aromatic carbocycles. The van der Waals surface area contributed by atoms with E-state index >= 15 is 0 Å². The first-order valence-electron chi connectivity index (χ1n) is 17.2. The van der Waals surface area contributed by atoms with E-state index in [1.165, 1.54) is 11.1 Å². The van der Waals surface area contributed by atoms with Crippen molar-refractivity contribution < 1.29 is 24.5 Å². The Balaban J connectivity index is 0.000000284. The van der Waals surface area contributed by atoms with E-state index in [9.17, 15) is 0 Å². The largest absolute Gasteiger partial charge is 0.456 e. The van der Waals surface area contributed by atoms with Crippen molar-refractivity contribution in [1.29, 1.82) is 0 Å². The van der Waals surface area contributed by atoms with Gasteiger partial charge >= 0.3 is 0 Å². The molecule has 0 fully saturated rings. The van der Waals surface area contributed by atoms with Crippen LogP contribution in [-0.2, 0) is 20.1 Å². The minimum atomic E-state index is 0. The van der Waals surface area contributed by atoms with Gasteiger partial charge in [0.05, 0.1) is 0 Å². The average Bonchev–Trinajstić information content (AvgIpc) is 3.68. The number of hydrogen-bond donors (Lipinski definition) is 0. The first-order valence-corrected chi connectivity index (χ1v) is 17.2. The molecule has 0 bridgehead atoms. The van der Waals surface area contributed by atoms with Crippen LogP contribution in [0.1, 0.15) is 5.56 Å². The fourth-order valence-corrected chi connectivity index (χ4v) is 6.38. The van der Waals surface area contributed by atoms with Crippen molar-refractivity contribution in [2.24, 2.45) is 0 Å². The third-order valence-electron chi connectivity index (χ3n) is 9.05. The molecule has 257 valence electrons. The van der Waals surface area contributed by atoms with Gasteiger partial charge in [0, 0.05) is 55.8 Å². The maximum Gasteiger partial charge on any atom is 0.135 e. The minimum absolute atomic E-state index is 0. The van der Waals surface area contributed by atoms with Crippen molar-refractivity contribution in [3.8, 4) is 67.2 Å². The van der Waals surface area contributed by atoms with E-state index in [0.29, 0.717) is 0 Å². The van der Waals surface area contributed by atoms with Crippen LogP contribution in [-0.4, -0.2) is 15.0 Å². The first-order chi connectivity index (χ1) is 25.7. The van der Waals surface area contributed by atoms with Crippen LogP contribution in [0, 0.1) is 19.1 Å². The van der Waals surface area contributed by atoms with Gasteiger partial charge < -0.3 is 14.4 Å². The van der Waals surface area contributed by atoms with E-state index in [2.05, 4.69) is 120 Å². The number of aryl methyl sites for hydroxylation is 1. The molecule has 0 saturated heterocycles. The molecule has 0 aliphatic carbocycles. The third-order valence-corrected chi connectivity index (χ3v) is 9.05. The van der Waals surface area contributed by atoms with Crippen molar-refractivity contribution in [2.45, 2.75) is 6.92 Å². The number of fused-ring (bicyclic) bond motifs is 1. The summed E-state index contributed by atoms with van der Waals surface area (Å²) in [6.07, 6.45) is 7.24. The smallest absolute Gasteiger partial charge is 0.135 e. The molecule has 0 aliphatic rings. The van der Waals surface area contributed by atoms with Crippen LogP contribution in [0.5, 0.6) is 0 Å². The van der Waals surface area contributed by atoms with Crippen molar-refractivity contribution in [1.82, 2.24) is 15.0 Å². The molecule has 0 saturated carbocycles. The zero-order chi connectivity index (χ0) is 35.1. The molecule has 0 unspecified atom stereocenters. The second-order valence-corrected chi connectivity index (χ2v) is 12.3. The van der Waals surface area contributed by atoms with Crippen molar-refractivity contribution in [3.63, 3.8) is 0 Å². The van der Waals surface area contributed by atoms with Gasteiger partial charge in [0.15, 0.2) is 0 Å². The second-order valence-electron chi connectivity index (χ2n) is 12.3. The Hall–Kier alpha value is -6.26. The zero-order valence-corrected chi connectivity index (χ0v) is 31.3. The van der Waals surface area contributed by atoms with E-state index in [1.54, 1.807) is 18.6 Å². The Morgan fingerprint density at radius 3 is 1.94 bits per heavy atom. The molecular weight excluding hydrogens is 827 g/mol. The van der Waals surface area contributed by atoms with E-state index in [4.69, 9.17) is 9.40 Å². The predicted octanol–water partition coefficient (Wildman–Crippen LogP) is 12.2. The number of aromatic nitrogens is 3. The molecule has 53 heavy (non-hydrogen) atoms. The van der Waals surface area contributed by atoms with Gasteiger partial charge in [-0.15, -0.1) is 59.7 Å². The van der Waals surface area contributed by atoms with E-state index in [1.807, 2.05) is 72.9 Å². The van der Waals surface area contributed by atoms with E-state index < -0.39 is 0 Å². The van der Waals surface area contributed by atoms with Gasteiger partial charge in [-0.25, -0.2) is 0 Å². The number of pyridine rings is 3. The topological polar surface area (TPSA) is 51.8 Å². The van der Waals surface area contributed by atoms with Crippen molar-refractivity contribution in [2.75, 3.05) is 0 Å². The normalized spacial score (nSPS) is 10.6. The van der Waals surface area contributed by atoms with E-state index in [-0.39, 0.29) is 20.1 Å². The standard InChI is InChI=1S/C37H25N2O.C11H8N.Ir/c1-25-31(14-15-36-33(25)24-37(40-36)28-16-19-38-20-17-28)34-22-30(12-13-32(34)27-10-6-3-7-11-27)35-23-29(18-21-39-35)26-8-4-2-5-9-26;1-2-6-10(7-3-1)11-8-4-5-9-12-11;/h2-11,13-24H,1H3;1-6,8-9H;/q2*-1;. The second kappa shape index (κ2) is 16.4. The van der Waals surface area contributed by atoms with Gasteiger partial charge in [0.2, 0.25) is 0 Å². The van der Waals surface area contributed by atoms with Gasteiger partial charge in [-0.05, 0) is 77.0 Å². The molecule has 0 N–H and O–H groups in total. The molecule has 0 amide bonds. The van der Waals surface area contributed by atoms with Gasteiger partial charge in [-0.1, -0.05) is 102 Å². The summed E-state index contributed by atoms with van der Waals surface area (Å²) in [7, 11) is 0. The summed E-state index contributed by atoms with van der Waals surface area (Å²) < 4.78 is 6.24. The number of furan rings is 1. The monoisotopic (exact) mass is 860 g/mol. The fraction of sp³-hybridized carbons (Fsp3) is 0.0208. The van der Waals surface area contributed by atoms with Crippen LogP contribution < -0.4 is 0 Å². The maximum absolute atomic E-state index is 6.24. The first kappa shape index (κ1) is 35.2. The molecule has 0 atom stereocenters. The zero-order valence-electron chi connectivity index (χ0n) is 28.9. The molecule has 0 aliphatic heterocycles. The van der Waals surface area contributed by atoms with Crippen LogP contribution in [0.15, 0.2) is 187 Å². The summed E-state index contributed by atoms with van der Waals surface area (Å²) in [5, 5.41) is 1.10. The Bertz CT molecular complexity index is 2520. The average molecular weight is 860 g/mol. The maximum atomic E-state index is 6.24. The molecule has 5 heteroatoms. The molecule has 1 radical (unpaired) electrons. The Labute approximate surface area is 323 Å².